The van der Waals surface area contributed by atoms with Gasteiger partial charge in [0.1, 0.15) is 42.3 Å². The molecule has 6 rings (SSSR count). The Balaban J connectivity index is 1.51. The highest BCUT2D eigenvalue weighted by Crippen LogP contribution is 2.32. The SMILES string of the molecule is CC[C@H](C)C1NC(=O)CNC(=O)[C@@H]2Cc3c([nH]c4ccccc34)SC[C@H](NC(=O)[C@H]3CCCN3C1=O)C(=O)N[C@@H](CC(N)=O)C(=O)N1C[C@H](O)C[C@H]1C(=O)N[C@@H]([C@@H](C)CC)C(=O)N2. The topological polar surface area (TPSA) is 294 Å². The van der Waals surface area contributed by atoms with Gasteiger partial charge in [0.15, 0.2) is 0 Å². The number of H-pyrrole nitrogens is 1. The van der Waals surface area contributed by atoms with Gasteiger partial charge in [-0.1, -0.05) is 58.7 Å². The van der Waals surface area contributed by atoms with Crippen LogP contribution in [0.3, 0.4) is 0 Å². The monoisotopic (exact) mass is 894 g/mol. The Hall–Kier alpha value is -5.70. The second kappa shape index (κ2) is 20.2. The predicted molar refractivity (Wildman–Crippen MR) is 229 cm³/mol. The van der Waals surface area contributed by atoms with Crippen molar-refractivity contribution in [3.05, 3.63) is 29.8 Å². The zero-order chi connectivity index (χ0) is 45.7. The molecule has 0 spiro atoms. The first-order valence-electron chi connectivity index (χ1n) is 21.6. The number of carbonyl (C=O) groups excluding carboxylic acids is 9. The Bertz CT molecular complexity index is 2130. The van der Waals surface area contributed by atoms with Crippen molar-refractivity contribution in [1.82, 2.24) is 46.7 Å². The number of carbonyl (C=O) groups is 9. The highest BCUT2D eigenvalue weighted by Gasteiger charge is 2.45. The molecule has 20 nitrogen and oxygen atoms in total. The first kappa shape index (κ1) is 46.8. The number of aromatic amines is 1. The van der Waals surface area contributed by atoms with Crippen LogP contribution in [0, 0.1) is 11.8 Å². The molecule has 2 bridgehead atoms. The predicted octanol–water partition coefficient (Wildman–Crippen LogP) is -1.71. The van der Waals surface area contributed by atoms with Crippen LogP contribution in [-0.2, 0) is 49.6 Å². The number of fused-ring (bicyclic) bond motifs is 6. The number of nitrogens with two attached hydrogens (primary N) is 1. The minimum absolute atomic E-state index is 0.140. The highest BCUT2D eigenvalue weighted by atomic mass is 32.2. The molecule has 2 aromatic rings. The van der Waals surface area contributed by atoms with Crippen LogP contribution in [0.5, 0.6) is 0 Å². The van der Waals surface area contributed by atoms with E-state index >= 15 is 0 Å². The first-order chi connectivity index (χ1) is 30.0. The molecule has 5 heterocycles. The van der Waals surface area contributed by atoms with Gasteiger partial charge in [-0.25, -0.2) is 0 Å². The summed E-state index contributed by atoms with van der Waals surface area (Å²) in [5, 5.41) is 28.2. The van der Waals surface area contributed by atoms with Crippen LogP contribution in [-0.4, -0.2) is 147 Å². The van der Waals surface area contributed by atoms with E-state index < -0.39 is 126 Å². The van der Waals surface area contributed by atoms with Crippen LogP contribution >= 0.6 is 11.8 Å². The van der Waals surface area contributed by atoms with E-state index in [9.17, 15) is 48.3 Å². The summed E-state index contributed by atoms with van der Waals surface area (Å²) in [5.41, 5.74) is 6.79. The van der Waals surface area contributed by atoms with Gasteiger partial charge in [0.05, 0.1) is 24.1 Å². The summed E-state index contributed by atoms with van der Waals surface area (Å²) >= 11 is 1.11. The molecule has 0 saturated carbocycles. The van der Waals surface area contributed by atoms with Crippen molar-refractivity contribution in [3.8, 4) is 0 Å². The molecular formula is C42H58N10O10S. The van der Waals surface area contributed by atoms with Crippen molar-refractivity contribution in [2.45, 2.75) is 126 Å². The molecule has 4 aliphatic heterocycles. The number of para-hydroxylation sites is 1. The lowest BCUT2D eigenvalue weighted by Gasteiger charge is -2.33. The summed E-state index contributed by atoms with van der Waals surface area (Å²) in [6.07, 6.45) is -0.684. The number of hydrogen-bond donors (Lipinski definition) is 9. The molecule has 2 fully saturated rings. The zero-order valence-electron chi connectivity index (χ0n) is 35.9. The maximum Gasteiger partial charge on any atom is 0.246 e. The van der Waals surface area contributed by atoms with Crippen LogP contribution in [0.25, 0.3) is 10.9 Å². The Labute approximate surface area is 368 Å². The Morgan fingerprint density at radius 1 is 0.810 bits per heavy atom. The number of amides is 9. The maximum atomic E-state index is 14.5. The third kappa shape index (κ3) is 10.6. The number of rotatable bonds is 6. The number of primary amides is 1. The lowest BCUT2D eigenvalue weighted by molar-refractivity contribution is -0.144. The molecule has 1 unspecified atom stereocenters. The third-order valence-electron chi connectivity index (χ3n) is 12.6. The van der Waals surface area contributed by atoms with Gasteiger partial charge < -0.3 is 57.5 Å². The van der Waals surface area contributed by atoms with Crippen molar-refractivity contribution in [2.75, 3.05) is 25.4 Å². The molecule has 0 radical (unpaired) electrons. The van der Waals surface area contributed by atoms with Crippen LogP contribution in [0.1, 0.15) is 71.8 Å². The van der Waals surface area contributed by atoms with E-state index in [0.29, 0.717) is 40.8 Å². The van der Waals surface area contributed by atoms with Crippen molar-refractivity contribution in [1.29, 1.82) is 0 Å². The molecule has 342 valence electrons. The van der Waals surface area contributed by atoms with Crippen LogP contribution in [0.2, 0.25) is 0 Å². The second-order valence-corrected chi connectivity index (χ2v) is 18.0. The van der Waals surface area contributed by atoms with Crippen molar-refractivity contribution >= 4 is 75.8 Å². The molecule has 1 aromatic carbocycles. The quantitative estimate of drug-likeness (QED) is 0.157. The van der Waals surface area contributed by atoms with E-state index in [2.05, 4.69) is 36.9 Å². The number of thioether (sulfide) groups is 1. The van der Waals surface area contributed by atoms with E-state index in [-0.39, 0.29) is 38.1 Å². The number of nitrogens with one attached hydrogen (secondary N) is 7. The molecule has 21 heteroatoms. The summed E-state index contributed by atoms with van der Waals surface area (Å²) in [7, 11) is 0. The standard InChI is InChI=1S/C42H58N10O10S/c1-5-20(3)33-39(60)45-26-15-24-23-10-7-8-11-25(23)48-40(24)63-19-28(36(57)46-27(16-31(43)54)41(61)52-18-22(53)14-30(52)38(59)50-33)47-37(58)29-12-9-13-51(29)42(62)34(21(4)6-2)49-32(55)17-44-35(26)56/h7-8,10-11,20-22,26-30,33-34,48,53H,5-6,9,12-19H2,1-4H3,(H2,43,54)(H,44,56)(H,45,60)(H,46,57)(H,47,58)(H,49,55)(H,50,59)/t20-,21-,22+,26-,27-,28-,29+,30-,33-,34?/m0/s1. The highest BCUT2D eigenvalue weighted by molar-refractivity contribution is 7.99. The fraction of sp³-hybridized carbons (Fsp3) is 0.595. The fourth-order valence-electron chi connectivity index (χ4n) is 8.60. The zero-order valence-corrected chi connectivity index (χ0v) is 36.7. The third-order valence-corrected chi connectivity index (χ3v) is 13.7. The minimum Gasteiger partial charge on any atom is -0.391 e. The summed E-state index contributed by atoms with van der Waals surface area (Å²) in [4.78, 5) is 132. The molecule has 10 N–H and O–H groups in total. The summed E-state index contributed by atoms with van der Waals surface area (Å²) in [5.74, 6) is -7.98. The molecular weight excluding hydrogens is 837 g/mol. The summed E-state index contributed by atoms with van der Waals surface area (Å²) in [6, 6.07) is -1.91. The van der Waals surface area contributed by atoms with Crippen LogP contribution in [0.4, 0.5) is 0 Å². The molecule has 63 heavy (non-hydrogen) atoms. The number of hydrogen-bond acceptors (Lipinski definition) is 11. The van der Waals surface area contributed by atoms with Crippen LogP contribution in [0.15, 0.2) is 29.3 Å². The number of benzene rings is 1. The lowest BCUT2D eigenvalue weighted by atomic mass is 9.96. The van der Waals surface area contributed by atoms with Gasteiger partial charge >= 0.3 is 0 Å². The number of aliphatic hydroxyl groups is 1. The number of nitrogens with zero attached hydrogens (tertiary/aromatic N) is 2. The lowest BCUT2D eigenvalue weighted by Crippen LogP contribution is -2.62. The normalized spacial score (nSPS) is 29.3. The molecule has 2 saturated heterocycles. The smallest absolute Gasteiger partial charge is 0.246 e. The van der Waals surface area contributed by atoms with Gasteiger partial charge in [-0.3, -0.25) is 43.2 Å². The fourth-order valence-corrected chi connectivity index (χ4v) is 9.72. The van der Waals surface area contributed by atoms with Gasteiger partial charge in [0.25, 0.3) is 0 Å². The Morgan fingerprint density at radius 3 is 2.21 bits per heavy atom. The average molecular weight is 895 g/mol. The van der Waals surface area contributed by atoms with Gasteiger partial charge in [0, 0.05) is 42.6 Å². The van der Waals surface area contributed by atoms with E-state index in [1.165, 1.54) is 4.90 Å². The number of aromatic nitrogens is 1. The summed E-state index contributed by atoms with van der Waals surface area (Å²) < 4.78 is 0. The van der Waals surface area contributed by atoms with Gasteiger partial charge in [0.2, 0.25) is 53.2 Å². The first-order valence-corrected chi connectivity index (χ1v) is 22.6. The molecule has 9 amide bonds. The van der Waals surface area contributed by atoms with E-state index in [1.807, 2.05) is 13.0 Å². The van der Waals surface area contributed by atoms with Crippen molar-refractivity contribution in [2.24, 2.45) is 17.6 Å². The minimum atomic E-state index is -1.63. The van der Waals surface area contributed by atoms with E-state index in [1.54, 1.807) is 39.0 Å². The Kier molecular flexibility index (Phi) is 15.0. The Morgan fingerprint density at radius 2 is 1.49 bits per heavy atom. The van der Waals surface area contributed by atoms with Gasteiger partial charge in [-0.05, 0) is 36.3 Å². The average Bonchev–Trinajstić information content (AvgIpc) is 4.00. The largest absolute Gasteiger partial charge is 0.391 e. The molecule has 0 aliphatic carbocycles. The molecule has 1 aromatic heterocycles. The molecule has 10 atom stereocenters. The van der Waals surface area contributed by atoms with E-state index in [0.717, 1.165) is 16.7 Å². The van der Waals surface area contributed by atoms with E-state index in [4.69, 9.17) is 5.73 Å². The van der Waals surface area contributed by atoms with Crippen LogP contribution < -0.4 is 37.6 Å². The van der Waals surface area contributed by atoms with Gasteiger partial charge in [-0.2, -0.15) is 0 Å². The number of aliphatic hydroxyl groups excluding tert-OH is 1. The summed E-state index contributed by atoms with van der Waals surface area (Å²) in [6.45, 7) is 6.42. The van der Waals surface area contributed by atoms with Crippen molar-refractivity contribution in [3.63, 3.8) is 0 Å². The molecule has 4 aliphatic rings. The van der Waals surface area contributed by atoms with Gasteiger partial charge in [-0.15, -0.1) is 11.8 Å². The maximum absolute atomic E-state index is 14.5. The second-order valence-electron chi connectivity index (χ2n) is 17.0. The van der Waals surface area contributed by atoms with Crippen molar-refractivity contribution < 1.29 is 48.3 Å².